The van der Waals surface area contributed by atoms with Crippen LogP contribution in [0.4, 0.5) is 21.7 Å². The Bertz CT molecular complexity index is 1370. The molecule has 0 spiro atoms. The molecule has 3 aromatic heterocycles. The molecule has 1 aliphatic rings. The van der Waals surface area contributed by atoms with E-state index >= 15 is 0 Å². The van der Waals surface area contributed by atoms with E-state index in [4.69, 9.17) is 9.72 Å². The summed E-state index contributed by atoms with van der Waals surface area (Å²) in [5, 5.41) is 11.4. The summed E-state index contributed by atoms with van der Waals surface area (Å²) in [6.45, 7) is 0.133. The van der Waals surface area contributed by atoms with Gasteiger partial charge in [-0.1, -0.05) is 0 Å². The van der Waals surface area contributed by atoms with Crippen LogP contribution in [0.1, 0.15) is 25.7 Å². The summed E-state index contributed by atoms with van der Waals surface area (Å²) in [7, 11) is 3.39. The lowest BCUT2D eigenvalue weighted by Crippen LogP contribution is -2.44. The Morgan fingerprint density at radius 2 is 2.03 bits per heavy atom. The summed E-state index contributed by atoms with van der Waals surface area (Å²) in [6, 6.07) is 13.0. The molecule has 0 unspecified atom stereocenters. The van der Waals surface area contributed by atoms with Gasteiger partial charge in [-0.15, -0.1) is 0 Å². The molecule has 0 bridgehead atoms. The minimum absolute atomic E-state index is 0.133. The Kier molecular flexibility index (Phi) is 7.27. The van der Waals surface area contributed by atoms with Gasteiger partial charge in [0, 0.05) is 48.2 Å². The molecule has 192 valence electrons. The number of anilines is 3. The number of fused-ring (bicyclic) bond motifs is 1. The number of nitrogens with one attached hydrogen (secondary N) is 2. The van der Waals surface area contributed by atoms with Crippen LogP contribution in [-0.4, -0.2) is 58.5 Å². The highest BCUT2D eigenvalue weighted by Crippen LogP contribution is 2.29. The van der Waals surface area contributed by atoms with Crippen molar-refractivity contribution < 1.29 is 13.9 Å². The van der Waals surface area contributed by atoms with Gasteiger partial charge >= 0.3 is 5.97 Å². The smallest absolute Gasteiger partial charge is 0.325 e. The fourth-order valence-corrected chi connectivity index (χ4v) is 4.82. The molecule has 0 saturated heterocycles. The van der Waals surface area contributed by atoms with Crippen molar-refractivity contribution in [1.29, 1.82) is 0 Å². The molecular formula is C27H30FN7O2. The average molecular weight is 504 g/mol. The maximum absolute atomic E-state index is 14.8. The Labute approximate surface area is 214 Å². The summed E-state index contributed by atoms with van der Waals surface area (Å²) in [4.78, 5) is 23.6. The number of benzene rings is 1. The number of carbonyl (C=O) groups is 1. The van der Waals surface area contributed by atoms with Gasteiger partial charge in [-0.2, -0.15) is 5.10 Å². The van der Waals surface area contributed by atoms with E-state index in [0.29, 0.717) is 34.6 Å². The van der Waals surface area contributed by atoms with Gasteiger partial charge in [0.15, 0.2) is 0 Å². The number of hydrogen-bond acceptors (Lipinski definition) is 8. The maximum Gasteiger partial charge on any atom is 0.325 e. The minimum Gasteiger partial charge on any atom is -0.468 e. The first-order chi connectivity index (χ1) is 18.0. The number of halogens is 1. The van der Waals surface area contributed by atoms with E-state index in [2.05, 4.69) is 20.7 Å². The second kappa shape index (κ2) is 10.9. The third-order valence-corrected chi connectivity index (χ3v) is 6.91. The first-order valence-electron chi connectivity index (χ1n) is 12.4. The van der Waals surface area contributed by atoms with Crippen molar-refractivity contribution in [1.82, 2.24) is 25.1 Å². The van der Waals surface area contributed by atoms with Crippen LogP contribution >= 0.6 is 0 Å². The van der Waals surface area contributed by atoms with Gasteiger partial charge in [-0.25, -0.2) is 19.0 Å². The lowest BCUT2D eigenvalue weighted by molar-refractivity contribution is -0.139. The van der Waals surface area contributed by atoms with Crippen LogP contribution in [0.15, 0.2) is 61.1 Å². The molecule has 10 heteroatoms. The van der Waals surface area contributed by atoms with Gasteiger partial charge < -0.3 is 20.3 Å². The van der Waals surface area contributed by atoms with Gasteiger partial charge in [-0.3, -0.25) is 4.79 Å². The number of carbonyl (C=O) groups excluding carboxylic acids is 1. The number of nitrogens with zero attached hydrogens (tertiary/aromatic N) is 5. The molecule has 0 amide bonds. The van der Waals surface area contributed by atoms with Crippen LogP contribution in [0, 0.1) is 5.82 Å². The molecule has 37 heavy (non-hydrogen) atoms. The molecular weight excluding hydrogens is 473 g/mol. The van der Waals surface area contributed by atoms with Crippen molar-refractivity contribution in [3.8, 4) is 5.69 Å². The van der Waals surface area contributed by atoms with Gasteiger partial charge in [0.2, 0.25) is 0 Å². The lowest BCUT2D eigenvalue weighted by Gasteiger charge is -2.37. The molecule has 9 nitrogen and oxygen atoms in total. The fourth-order valence-electron chi connectivity index (χ4n) is 4.82. The molecule has 1 aromatic carbocycles. The molecule has 0 atom stereocenters. The first-order valence-corrected chi connectivity index (χ1v) is 12.4. The zero-order chi connectivity index (χ0) is 25.8. The summed E-state index contributed by atoms with van der Waals surface area (Å²) in [5.74, 6) is 0.455. The molecule has 0 radical (unpaired) electrons. The number of ether oxygens (including phenoxy) is 1. The van der Waals surface area contributed by atoms with E-state index in [-0.39, 0.29) is 18.6 Å². The first kappa shape index (κ1) is 24.6. The molecule has 2 N–H and O–H groups in total. The number of rotatable bonds is 8. The average Bonchev–Trinajstić information content (AvgIpc) is 3.47. The fraction of sp³-hybridized carbons (Fsp3) is 0.333. The van der Waals surface area contributed by atoms with E-state index in [0.717, 1.165) is 31.1 Å². The van der Waals surface area contributed by atoms with Crippen molar-refractivity contribution in [3.63, 3.8) is 0 Å². The van der Waals surface area contributed by atoms with E-state index < -0.39 is 5.82 Å². The molecule has 1 aliphatic carbocycles. The Hall–Kier alpha value is -4.05. The predicted octanol–water partition coefficient (Wildman–Crippen LogP) is 4.21. The van der Waals surface area contributed by atoms with E-state index in [1.165, 1.54) is 13.2 Å². The molecule has 1 fully saturated rings. The van der Waals surface area contributed by atoms with E-state index in [9.17, 15) is 9.18 Å². The number of hydrogen-bond donors (Lipinski definition) is 2. The number of methoxy groups -OCH3 is 1. The van der Waals surface area contributed by atoms with Crippen molar-refractivity contribution >= 4 is 34.2 Å². The monoisotopic (exact) mass is 503 g/mol. The highest BCUT2D eigenvalue weighted by atomic mass is 19.1. The third kappa shape index (κ3) is 5.54. The molecule has 1 saturated carbocycles. The Morgan fingerprint density at radius 3 is 2.73 bits per heavy atom. The zero-order valence-electron chi connectivity index (χ0n) is 20.9. The van der Waals surface area contributed by atoms with Crippen molar-refractivity contribution in [2.45, 2.75) is 37.8 Å². The Morgan fingerprint density at radius 1 is 1.19 bits per heavy atom. The van der Waals surface area contributed by atoms with Crippen LogP contribution in [0.3, 0.4) is 0 Å². The van der Waals surface area contributed by atoms with Gasteiger partial charge in [0.1, 0.15) is 24.0 Å². The highest BCUT2D eigenvalue weighted by Gasteiger charge is 2.28. The summed E-state index contributed by atoms with van der Waals surface area (Å²) in [5.41, 5.74) is 1.62. The predicted molar refractivity (Wildman–Crippen MR) is 141 cm³/mol. The van der Waals surface area contributed by atoms with E-state index in [1.807, 2.05) is 24.1 Å². The normalized spacial score (nSPS) is 17.5. The number of pyridine rings is 2. The third-order valence-electron chi connectivity index (χ3n) is 6.91. The molecule has 4 aromatic rings. The second-order valence-corrected chi connectivity index (χ2v) is 9.17. The quantitative estimate of drug-likeness (QED) is 0.345. The topological polar surface area (TPSA) is 97.2 Å². The van der Waals surface area contributed by atoms with Crippen LogP contribution < -0.4 is 15.5 Å². The summed E-state index contributed by atoms with van der Waals surface area (Å²) >= 11 is 0. The summed E-state index contributed by atoms with van der Waals surface area (Å²) < 4.78 is 21.4. The maximum atomic E-state index is 14.8. The number of aromatic nitrogens is 4. The lowest BCUT2D eigenvalue weighted by atomic mass is 9.90. The van der Waals surface area contributed by atoms with Crippen LogP contribution in [0.25, 0.3) is 16.6 Å². The van der Waals surface area contributed by atoms with Crippen LogP contribution in [0.5, 0.6) is 0 Å². The van der Waals surface area contributed by atoms with Gasteiger partial charge in [-0.05, 0) is 63.1 Å². The van der Waals surface area contributed by atoms with Gasteiger partial charge in [0.05, 0.1) is 24.0 Å². The zero-order valence-corrected chi connectivity index (χ0v) is 20.9. The second-order valence-electron chi connectivity index (χ2n) is 9.17. The van der Waals surface area contributed by atoms with Crippen molar-refractivity contribution in [2.24, 2.45) is 0 Å². The van der Waals surface area contributed by atoms with Crippen molar-refractivity contribution in [2.75, 3.05) is 30.9 Å². The van der Waals surface area contributed by atoms with E-state index in [1.54, 1.807) is 47.5 Å². The SMILES string of the molecule is CN[C@H]1CC[C@@H](N(CC(=O)OC)c2ccc3cnc(Nc4ccc(-n5cccn5)cc4F)cc3n2)CC1. The van der Waals surface area contributed by atoms with Crippen molar-refractivity contribution in [3.05, 3.63) is 66.9 Å². The van der Waals surface area contributed by atoms with Crippen LogP contribution in [0.2, 0.25) is 0 Å². The molecule has 5 rings (SSSR count). The molecule has 0 aliphatic heterocycles. The molecule has 3 heterocycles. The Balaban J connectivity index is 1.40. The minimum atomic E-state index is -0.418. The van der Waals surface area contributed by atoms with Crippen LogP contribution in [-0.2, 0) is 9.53 Å². The highest BCUT2D eigenvalue weighted by molar-refractivity contribution is 5.83. The largest absolute Gasteiger partial charge is 0.468 e. The summed E-state index contributed by atoms with van der Waals surface area (Å²) in [6.07, 6.45) is 9.09. The van der Waals surface area contributed by atoms with Gasteiger partial charge in [0.25, 0.3) is 0 Å². The standard InChI is InChI=1S/C27H30FN7O2/c1-29-19-5-7-20(8-6-19)34(17-27(36)37-2)26-11-4-18-16-30-25(15-24(18)33-26)32-23-10-9-21(14-22(23)28)35-13-3-12-31-35/h3-4,9-16,19-20,29H,5-8,17H2,1-2H3,(H,30,32)/t19-,20+. The number of esters is 1.